The standard InChI is InChI=1S/C17H21N5O2S/c1-13-7-16(20-12-19-13)21-14-8-17(9-14)4-6-22(11-17)25(23,24)15-3-2-5-18-10-15/h2-3,5,7,10,12,14H,4,6,8-9,11H2,1H3,(H,19,20,21). The Bertz CT molecular complexity index is 866. The first-order valence-corrected chi connectivity index (χ1v) is 9.86. The minimum Gasteiger partial charge on any atom is -0.367 e. The van der Waals surface area contributed by atoms with Gasteiger partial charge in [-0.2, -0.15) is 4.31 Å². The second kappa shape index (κ2) is 6.03. The number of hydrogen-bond donors (Lipinski definition) is 1. The number of anilines is 1. The largest absolute Gasteiger partial charge is 0.367 e. The third-order valence-corrected chi connectivity index (χ3v) is 7.02. The van der Waals surface area contributed by atoms with E-state index in [0.717, 1.165) is 30.8 Å². The molecule has 4 rings (SSSR count). The number of sulfonamides is 1. The van der Waals surface area contributed by atoms with Gasteiger partial charge >= 0.3 is 0 Å². The van der Waals surface area contributed by atoms with E-state index < -0.39 is 10.0 Å². The van der Waals surface area contributed by atoms with Crippen LogP contribution in [0.4, 0.5) is 5.82 Å². The topological polar surface area (TPSA) is 88.1 Å². The van der Waals surface area contributed by atoms with E-state index in [4.69, 9.17) is 0 Å². The van der Waals surface area contributed by atoms with Gasteiger partial charge in [-0.3, -0.25) is 4.98 Å². The van der Waals surface area contributed by atoms with Crippen LogP contribution in [0.25, 0.3) is 0 Å². The number of aromatic nitrogens is 3. The molecule has 2 aliphatic rings. The highest BCUT2D eigenvalue weighted by molar-refractivity contribution is 7.89. The van der Waals surface area contributed by atoms with Gasteiger partial charge in [-0.05, 0) is 43.7 Å². The van der Waals surface area contributed by atoms with Gasteiger partial charge in [0.2, 0.25) is 10.0 Å². The minimum absolute atomic E-state index is 0.0923. The second-order valence-corrected chi connectivity index (χ2v) is 9.01. The van der Waals surface area contributed by atoms with Crippen LogP contribution < -0.4 is 5.32 Å². The summed E-state index contributed by atoms with van der Waals surface area (Å²) in [5.74, 6) is 0.838. The summed E-state index contributed by atoms with van der Waals surface area (Å²) in [6.45, 7) is 3.11. The van der Waals surface area contributed by atoms with Crippen molar-refractivity contribution in [2.45, 2.75) is 37.1 Å². The average molecular weight is 359 g/mol. The van der Waals surface area contributed by atoms with Crippen LogP contribution in [-0.2, 0) is 10.0 Å². The predicted molar refractivity (Wildman–Crippen MR) is 93.5 cm³/mol. The molecule has 2 aromatic rings. The molecule has 25 heavy (non-hydrogen) atoms. The summed E-state index contributed by atoms with van der Waals surface area (Å²) >= 11 is 0. The van der Waals surface area contributed by atoms with Crippen molar-refractivity contribution in [2.24, 2.45) is 5.41 Å². The lowest BCUT2D eigenvalue weighted by atomic mass is 9.65. The first-order valence-electron chi connectivity index (χ1n) is 8.42. The lowest BCUT2D eigenvalue weighted by Gasteiger charge is -2.45. The van der Waals surface area contributed by atoms with E-state index in [-0.39, 0.29) is 10.3 Å². The van der Waals surface area contributed by atoms with E-state index in [0.29, 0.717) is 19.1 Å². The highest BCUT2D eigenvalue weighted by atomic mass is 32.2. The summed E-state index contributed by atoms with van der Waals surface area (Å²) in [4.78, 5) is 12.5. The molecule has 0 radical (unpaired) electrons. The van der Waals surface area contributed by atoms with Crippen LogP contribution in [0.2, 0.25) is 0 Å². The molecule has 0 aromatic carbocycles. The summed E-state index contributed by atoms with van der Waals surface area (Å²) in [5.41, 5.74) is 1.02. The van der Waals surface area contributed by atoms with Crippen molar-refractivity contribution in [1.82, 2.24) is 19.3 Å². The summed E-state index contributed by atoms with van der Waals surface area (Å²) in [7, 11) is -3.44. The smallest absolute Gasteiger partial charge is 0.244 e. The molecule has 8 heteroatoms. The van der Waals surface area contributed by atoms with Gasteiger partial charge in [0.1, 0.15) is 17.0 Å². The molecule has 1 aliphatic carbocycles. The predicted octanol–water partition coefficient (Wildman–Crippen LogP) is 1.84. The van der Waals surface area contributed by atoms with E-state index >= 15 is 0 Å². The number of hydrogen-bond acceptors (Lipinski definition) is 6. The number of nitrogens with one attached hydrogen (secondary N) is 1. The Morgan fingerprint density at radius 2 is 2.16 bits per heavy atom. The van der Waals surface area contributed by atoms with Crippen LogP contribution in [0.1, 0.15) is 25.0 Å². The zero-order chi connectivity index (χ0) is 17.5. The van der Waals surface area contributed by atoms with Crippen molar-refractivity contribution < 1.29 is 8.42 Å². The maximum atomic E-state index is 12.7. The third-order valence-electron chi connectivity index (χ3n) is 5.19. The van der Waals surface area contributed by atoms with Gasteiger partial charge in [0, 0.05) is 43.3 Å². The molecule has 1 spiro atoms. The summed E-state index contributed by atoms with van der Waals surface area (Å²) in [5, 5.41) is 3.43. The van der Waals surface area contributed by atoms with Crippen molar-refractivity contribution in [1.29, 1.82) is 0 Å². The zero-order valence-corrected chi connectivity index (χ0v) is 14.9. The van der Waals surface area contributed by atoms with Crippen LogP contribution in [0.3, 0.4) is 0 Å². The molecule has 0 bridgehead atoms. The van der Waals surface area contributed by atoms with E-state index in [9.17, 15) is 8.42 Å². The molecule has 1 saturated heterocycles. The van der Waals surface area contributed by atoms with E-state index in [1.807, 2.05) is 13.0 Å². The molecule has 0 unspecified atom stereocenters. The Balaban J connectivity index is 1.39. The van der Waals surface area contributed by atoms with Crippen LogP contribution in [-0.4, -0.2) is 46.8 Å². The molecule has 1 saturated carbocycles. The van der Waals surface area contributed by atoms with Gasteiger partial charge in [0.25, 0.3) is 0 Å². The SMILES string of the molecule is Cc1cc(NC2CC3(CCN(S(=O)(=O)c4cccnc4)C3)C2)ncn1. The first-order chi connectivity index (χ1) is 12.0. The van der Waals surface area contributed by atoms with Gasteiger partial charge < -0.3 is 5.32 Å². The number of aryl methyl sites for hydroxylation is 1. The van der Waals surface area contributed by atoms with E-state index in [1.165, 1.54) is 6.20 Å². The molecule has 1 N–H and O–H groups in total. The summed E-state index contributed by atoms with van der Waals surface area (Å²) in [6.07, 6.45) is 7.41. The molecule has 2 aromatic heterocycles. The number of rotatable bonds is 4. The first kappa shape index (κ1) is 16.4. The van der Waals surface area contributed by atoms with Gasteiger partial charge in [-0.1, -0.05) is 0 Å². The van der Waals surface area contributed by atoms with Gasteiger partial charge in [0.05, 0.1) is 0 Å². The molecule has 1 aliphatic heterocycles. The fraction of sp³-hybridized carbons (Fsp3) is 0.471. The molecule has 7 nitrogen and oxygen atoms in total. The fourth-order valence-corrected chi connectivity index (χ4v) is 5.43. The number of nitrogens with zero attached hydrogens (tertiary/aromatic N) is 4. The van der Waals surface area contributed by atoms with Crippen LogP contribution >= 0.6 is 0 Å². The quantitative estimate of drug-likeness (QED) is 0.896. The maximum absolute atomic E-state index is 12.7. The third kappa shape index (κ3) is 3.11. The molecule has 132 valence electrons. The van der Waals surface area contributed by atoms with Crippen molar-refractivity contribution in [3.8, 4) is 0 Å². The molecular weight excluding hydrogens is 338 g/mol. The Kier molecular flexibility index (Phi) is 3.96. The maximum Gasteiger partial charge on any atom is 0.244 e. The molecule has 0 atom stereocenters. The minimum atomic E-state index is -3.44. The average Bonchev–Trinajstić information content (AvgIpc) is 3.02. The van der Waals surface area contributed by atoms with Gasteiger partial charge in [0.15, 0.2) is 0 Å². The highest BCUT2D eigenvalue weighted by Crippen LogP contribution is 2.50. The molecule has 2 fully saturated rings. The monoisotopic (exact) mass is 359 g/mol. The van der Waals surface area contributed by atoms with Gasteiger partial charge in [-0.15, -0.1) is 0 Å². The lowest BCUT2D eigenvalue weighted by Crippen LogP contribution is -2.47. The van der Waals surface area contributed by atoms with Crippen LogP contribution in [0.5, 0.6) is 0 Å². The molecular formula is C17H21N5O2S. The second-order valence-electron chi connectivity index (χ2n) is 7.07. The molecule has 3 heterocycles. The Labute approximate surface area is 147 Å². The van der Waals surface area contributed by atoms with Crippen molar-refractivity contribution >= 4 is 15.8 Å². The van der Waals surface area contributed by atoms with Crippen LogP contribution in [0.15, 0.2) is 41.8 Å². The van der Waals surface area contributed by atoms with E-state index in [1.54, 1.807) is 29.0 Å². The zero-order valence-electron chi connectivity index (χ0n) is 14.1. The number of pyridine rings is 1. The van der Waals surface area contributed by atoms with E-state index in [2.05, 4.69) is 20.3 Å². The summed E-state index contributed by atoms with van der Waals surface area (Å²) in [6, 6.07) is 5.54. The van der Waals surface area contributed by atoms with Crippen molar-refractivity contribution in [3.63, 3.8) is 0 Å². The lowest BCUT2D eigenvalue weighted by molar-refractivity contribution is 0.133. The van der Waals surface area contributed by atoms with Crippen LogP contribution in [0, 0.1) is 12.3 Å². The van der Waals surface area contributed by atoms with Crippen molar-refractivity contribution in [3.05, 3.63) is 42.6 Å². The molecule has 0 amide bonds. The Morgan fingerprint density at radius 3 is 2.88 bits per heavy atom. The van der Waals surface area contributed by atoms with Gasteiger partial charge in [-0.25, -0.2) is 18.4 Å². The Hall–Kier alpha value is -2.06. The highest BCUT2D eigenvalue weighted by Gasteiger charge is 2.51. The summed E-state index contributed by atoms with van der Waals surface area (Å²) < 4.78 is 27.1. The van der Waals surface area contributed by atoms with Crippen molar-refractivity contribution in [2.75, 3.05) is 18.4 Å². The fourth-order valence-electron chi connectivity index (χ4n) is 3.91. The Morgan fingerprint density at radius 1 is 1.32 bits per heavy atom. The normalized spacial score (nSPS) is 26.5.